The highest BCUT2D eigenvalue weighted by Crippen LogP contribution is 2.66. The lowest BCUT2D eigenvalue weighted by molar-refractivity contribution is -0.146. The molecule has 0 bridgehead atoms. The molecule has 1 heterocycles. The second-order valence-electron chi connectivity index (χ2n) is 9.46. The smallest absolute Gasteiger partial charge is 0.335 e. The monoisotopic (exact) mass is 405 g/mol. The van der Waals surface area contributed by atoms with Crippen LogP contribution in [-0.2, 0) is 4.79 Å². The topological polar surface area (TPSA) is 77.8 Å². The molecule has 0 aromatic heterocycles. The number of amides is 1. The van der Waals surface area contributed by atoms with Crippen LogP contribution in [0, 0.1) is 5.41 Å². The van der Waals surface area contributed by atoms with Gasteiger partial charge >= 0.3 is 5.97 Å². The minimum Gasteiger partial charge on any atom is -0.478 e. The quantitative estimate of drug-likeness (QED) is 0.804. The SMILES string of the molecule is C[C@H]1CC2(CCN1C(=O)C1(O)CC1)C[C@H]2c1ccc(-c2ccc(C(=O)O)cc2)cc1. The first-order valence-corrected chi connectivity index (χ1v) is 10.8. The predicted molar refractivity (Wildman–Crippen MR) is 113 cm³/mol. The maximum atomic E-state index is 12.5. The van der Waals surface area contributed by atoms with Gasteiger partial charge in [0.05, 0.1) is 5.56 Å². The summed E-state index contributed by atoms with van der Waals surface area (Å²) in [4.78, 5) is 25.5. The van der Waals surface area contributed by atoms with Crippen LogP contribution in [0.1, 0.15) is 60.9 Å². The highest BCUT2D eigenvalue weighted by Gasteiger charge is 2.59. The number of benzene rings is 2. The summed E-state index contributed by atoms with van der Waals surface area (Å²) in [6.07, 6.45) is 4.37. The number of piperidine rings is 1. The molecule has 3 fully saturated rings. The molecule has 1 saturated heterocycles. The molecule has 1 amide bonds. The molecule has 2 N–H and O–H groups in total. The fraction of sp³-hybridized carbons (Fsp3) is 0.440. The number of rotatable bonds is 4. The first-order chi connectivity index (χ1) is 14.3. The molecule has 3 atom stereocenters. The molecule has 5 heteroatoms. The molecular weight excluding hydrogens is 378 g/mol. The van der Waals surface area contributed by atoms with Crippen LogP contribution in [0.3, 0.4) is 0 Å². The van der Waals surface area contributed by atoms with Gasteiger partial charge in [0.25, 0.3) is 5.91 Å². The molecule has 5 rings (SSSR count). The van der Waals surface area contributed by atoms with Crippen molar-refractivity contribution in [3.05, 3.63) is 59.7 Å². The fourth-order valence-electron chi connectivity index (χ4n) is 5.30. The van der Waals surface area contributed by atoms with Gasteiger partial charge in [-0.2, -0.15) is 0 Å². The maximum absolute atomic E-state index is 12.5. The molecule has 2 saturated carbocycles. The van der Waals surface area contributed by atoms with Crippen LogP contribution in [0.2, 0.25) is 0 Å². The minimum absolute atomic E-state index is 0.0691. The number of aromatic carboxylic acids is 1. The number of nitrogens with zero attached hydrogens (tertiary/aromatic N) is 1. The fourth-order valence-corrected chi connectivity index (χ4v) is 5.30. The first-order valence-electron chi connectivity index (χ1n) is 10.8. The Bertz CT molecular complexity index is 993. The Morgan fingerprint density at radius 3 is 2.07 bits per heavy atom. The van der Waals surface area contributed by atoms with Gasteiger partial charge in [0, 0.05) is 12.6 Å². The van der Waals surface area contributed by atoms with Crippen molar-refractivity contribution in [3.8, 4) is 11.1 Å². The Labute approximate surface area is 176 Å². The number of carbonyl (C=O) groups excluding carboxylic acids is 1. The van der Waals surface area contributed by atoms with E-state index in [1.807, 2.05) is 17.0 Å². The van der Waals surface area contributed by atoms with E-state index in [9.17, 15) is 14.7 Å². The lowest BCUT2D eigenvalue weighted by Crippen LogP contribution is -2.50. The Hall–Kier alpha value is -2.66. The Kier molecular flexibility index (Phi) is 4.30. The van der Waals surface area contributed by atoms with Gasteiger partial charge in [-0.05, 0) is 79.2 Å². The zero-order valence-electron chi connectivity index (χ0n) is 17.2. The summed E-state index contributed by atoms with van der Waals surface area (Å²) in [5, 5.41) is 19.2. The van der Waals surface area contributed by atoms with Crippen molar-refractivity contribution >= 4 is 11.9 Å². The minimum atomic E-state index is -1.07. The highest BCUT2D eigenvalue weighted by molar-refractivity contribution is 5.88. The van der Waals surface area contributed by atoms with Crippen LogP contribution in [0.25, 0.3) is 11.1 Å². The molecule has 30 heavy (non-hydrogen) atoms. The molecule has 5 nitrogen and oxygen atoms in total. The zero-order valence-corrected chi connectivity index (χ0v) is 17.2. The summed E-state index contributed by atoms with van der Waals surface area (Å²) in [5.74, 6) is -0.450. The third-order valence-corrected chi connectivity index (χ3v) is 7.44. The summed E-state index contributed by atoms with van der Waals surface area (Å²) in [7, 11) is 0. The van der Waals surface area contributed by atoms with Gasteiger partial charge in [0.2, 0.25) is 0 Å². The summed E-state index contributed by atoms with van der Waals surface area (Å²) in [6, 6.07) is 15.7. The van der Waals surface area contributed by atoms with Crippen LogP contribution in [-0.4, -0.2) is 45.2 Å². The van der Waals surface area contributed by atoms with Crippen LogP contribution < -0.4 is 0 Å². The van der Waals surface area contributed by atoms with E-state index in [2.05, 4.69) is 31.2 Å². The number of carbonyl (C=O) groups is 2. The largest absolute Gasteiger partial charge is 0.478 e. The average molecular weight is 405 g/mol. The lowest BCUT2D eigenvalue weighted by atomic mass is 9.84. The molecule has 2 aromatic rings. The number of carboxylic acids is 1. The Morgan fingerprint density at radius 2 is 1.53 bits per heavy atom. The van der Waals surface area contributed by atoms with E-state index in [1.54, 1.807) is 12.1 Å². The number of hydrogen-bond donors (Lipinski definition) is 2. The summed E-state index contributed by atoms with van der Waals surface area (Å²) >= 11 is 0. The van der Waals surface area contributed by atoms with Crippen LogP contribution in [0.4, 0.5) is 0 Å². The van der Waals surface area contributed by atoms with E-state index in [1.165, 1.54) is 5.56 Å². The van der Waals surface area contributed by atoms with Gasteiger partial charge in [-0.3, -0.25) is 4.79 Å². The molecule has 2 aromatic carbocycles. The van der Waals surface area contributed by atoms with E-state index in [-0.39, 0.29) is 17.4 Å². The van der Waals surface area contributed by atoms with Gasteiger partial charge in [-0.1, -0.05) is 36.4 Å². The van der Waals surface area contributed by atoms with Gasteiger partial charge in [0.1, 0.15) is 5.60 Å². The lowest BCUT2D eigenvalue weighted by Gasteiger charge is -2.40. The molecule has 3 aliphatic rings. The molecular formula is C25H27NO4. The van der Waals surface area contributed by atoms with Crippen molar-refractivity contribution in [2.45, 2.75) is 56.6 Å². The van der Waals surface area contributed by atoms with Gasteiger partial charge in [-0.25, -0.2) is 4.79 Å². The standard InChI is InChI=1S/C25H27NO4/c1-16-14-24(12-13-26(16)23(29)25(30)10-11-25)15-21(24)19-6-2-17(3-7-19)18-4-8-20(9-5-18)22(27)28/h2-9,16,21,30H,10-15H2,1H3,(H,27,28)/t16-,21-,24?/m0/s1. The van der Waals surface area contributed by atoms with Crippen molar-refractivity contribution in [2.24, 2.45) is 5.41 Å². The van der Waals surface area contributed by atoms with E-state index >= 15 is 0 Å². The van der Waals surface area contributed by atoms with Crippen molar-refractivity contribution < 1.29 is 19.8 Å². The first kappa shape index (κ1) is 19.3. The molecule has 156 valence electrons. The Morgan fingerprint density at radius 1 is 0.933 bits per heavy atom. The van der Waals surface area contributed by atoms with E-state index in [0.29, 0.717) is 24.3 Å². The summed E-state index contributed by atoms with van der Waals surface area (Å²) in [6.45, 7) is 2.86. The third kappa shape index (κ3) is 3.21. The average Bonchev–Trinajstić information content (AvgIpc) is 3.66. The van der Waals surface area contributed by atoms with E-state index in [4.69, 9.17) is 5.11 Å². The maximum Gasteiger partial charge on any atom is 0.335 e. The molecule has 1 aliphatic heterocycles. The van der Waals surface area contributed by atoms with Crippen molar-refractivity contribution in [1.82, 2.24) is 4.90 Å². The van der Waals surface area contributed by atoms with Crippen LogP contribution in [0.15, 0.2) is 48.5 Å². The van der Waals surface area contributed by atoms with Gasteiger partial charge in [0.15, 0.2) is 0 Å². The molecule has 1 unspecified atom stereocenters. The van der Waals surface area contributed by atoms with E-state index in [0.717, 1.165) is 36.9 Å². The summed E-state index contributed by atoms with van der Waals surface area (Å²) < 4.78 is 0. The number of carboxylic acid groups (broad SMARTS) is 1. The van der Waals surface area contributed by atoms with Gasteiger partial charge < -0.3 is 15.1 Å². The van der Waals surface area contributed by atoms with Crippen molar-refractivity contribution in [3.63, 3.8) is 0 Å². The normalized spacial score (nSPS) is 28.9. The zero-order chi connectivity index (χ0) is 21.1. The highest BCUT2D eigenvalue weighted by atomic mass is 16.4. The van der Waals surface area contributed by atoms with Crippen molar-refractivity contribution in [1.29, 1.82) is 0 Å². The number of aliphatic hydroxyl groups is 1. The molecule has 0 radical (unpaired) electrons. The second kappa shape index (κ2) is 6.67. The molecule has 2 aliphatic carbocycles. The number of hydrogen-bond acceptors (Lipinski definition) is 3. The second-order valence-corrected chi connectivity index (χ2v) is 9.46. The van der Waals surface area contributed by atoms with Gasteiger partial charge in [-0.15, -0.1) is 0 Å². The Balaban J connectivity index is 1.26. The van der Waals surface area contributed by atoms with Crippen LogP contribution in [0.5, 0.6) is 0 Å². The number of likely N-dealkylation sites (tertiary alicyclic amines) is 1. The van der Waals surface area contributed by atoms with Crippen molar-refractivity contribution in [2.75, 3.05) is 6.54 Å². The van der Waals surface area contributed by atoms with Crippen LogP contribution >= 0.6 is 0 Å². The summed E-state index contributed by atoms with van der Waals surface area (Å²) in [5.41, 5.74) is 2.94. The predicted octanol–water partition coefficient (Wildman–Crippen LogP) is 4.06. The third-order valence-electron chi connectivity index (χ3n) is 7.44. The molecule has 1 spiro atoms. The van der Waals surface area contributed by atoms with E-state index < -0.39 is 11.6 Å².